The molecule has 0 saturated heterocycles. The van der Waals surface area contributed by atoms with Gasteiger partial charge in [-0.1, -0.05) is 43.0 Å². The fourth-order valence-corrected chi connectivity index (χ4v) is 2.62. The van der Waals surface area contributed by atoms with Crippen LogP contribution in [0.2, 0.25) is 0 Å². The monoisotopic (exact) mass is 274 g/mol. The van der Waals surface area contributed by atoms with Crippen LogP contribution in [0.15, 0.2) is 67.3 Å². The number of aromatic nitrogens is 2. The number of benzene rings is 2. The highest BCUT2D eigenvalue weighted by atomic mass is 15.1. The average Bonchev–Trinajstić information content (AvgIpc) is 2.83. The molecular weight excluding hydrogens is 256 g/mol. The molecule has 0 amide bonds. The molecule has 1 aromatic heterocycles. The Bertz CT molecular complexity index is 823. The van der Waals surface area contributed by atoms with E-state index in [1.54, 1.807) is 0 Å². The molecule has 0 aliphatic rings. The summed E-state index contributed by atoms with van der Waals surface area (Å²) < 4.78 is 2.19. The maximum absolute atomic E-state index is 4.70. The van der Waals surface area contributed by atoms with E-state index in [-0.39, 0.29) is 0 Å². The Balaban J connectivity index is 2.19. The zero-order chi connectivity index (χ0) is 14.8. The second-order valence-corrected chi connectivity index (χ2v) is 5.12. The minimum Gasteiger partial charge on any atom is -0.297 e. The molecule has 0 aliphatic carbocycles. The maximum atomic E-state index is 4.70. The SMILES string of the molecule is C=C/C=C(\C)c1ccc2c(c1)nc(C)n2-c1ccccc1. The summed E-state index contributed by atoms with van der Waals surface area (Å²) in [5.41, 5.74) is 5.67. The number of nitrogens with zero attached hydrogens (tertiary/aromatic N) is 2. The van der Waals surface area contributed by atoms with E-state index in [9.17, 15) is 0 Å². The number of hydrogen-bond acceptors (Lipinski definition) is 1. The summed E-state index contributed by atoms with van der Waals surface area (Å²) in [6.07, 6.45) is 3.83. The molecule has 0 spiro atoms. The highest BCUT2D eigenvalue weighted by Crippen LogP contribution is 2.24. The van der Waals surface area contributed by atoms with Crippen molar-refractivity contribution in [3.05, 3.63) is 78.6 Å². The molecule has 0 atom stereocenters. The normalized spacial score (nSPS) is 11.8. The van der Waals surface area contributed by atoms with Crippen LogP contribution >= 0.6 is 0 Å². The van der Waals surface area contributed by atoms with Crippen LogP contribution < -0.4 is 0 Å². The molecule has 1 heterocycles. The highest BCUT2D eigenvalue weighted by molar-refractivity contribution is 5.83. The van der Waals surface area contributed by atoms with Crippen LogP contribution in [0.25, 0.3) is 22.3 Å². The second-order valence-electron chi connectivity index (χ2n) is 5.12. The first-order valence-corrected chi connectivity index (χ1v) is 7.05. The van der Waals surface area contributed by atoms with Gasteiger partial charge in [0.25, 0.3) is 0 Å². The molecule has 2 heteroatoms. The van der Waals surface area contributed by atoms with E-state index in [4.69, 9.17) is 4.98 Å². The summed E-state index contributed by atoms with van der Waals surface area (Å²) >= 11 is 0. The molecule has 3 aromatic rings. The van der Waals surface area contributed by atoms with Gasteiger partial charge < -0.3 is 0 Å². The molecule has 21 heavy (non-hydrogen) atoms. The Hall–Kier alpha value is -2.61. The van der Waals surface area contributed by atoms with Crippen molar-refractivity contribution in [2.24, 2.45) is 0 Å². The van der Waals surface area contributed by atoms with Gasteiger partial charge in [0, 0.05) is 5.69 Å². The van der Waals surface area contributed by atoms with Gasteiger partial charge in [-0.15, -0.1) is 0 Å². The Kier molecular flexibility index (Phi) is 3.44. The van der Waals surface area contributed by atoms with E-state index < -0.39 is 0 Å². The number of para-hydroxylation sites is 1. The van der Waals surface area contributed by atoms with Crippen LogP contribution in [0.4, 0.5) is 0 Å². The van der Waals surface area contributed by atoms with Gasteiger partial charge in [0.1, 0.15) is 5.82 Å². The number of aryl methyl sites for hydroxylation is 1. The van der Waals surface area contributed by atoms with Gasteiger partial charge in [0.2, 0.25) is 0 Å². The first kappa shape index (κ1) is 13.4. The third-order valence-corrected chi connectivity index (χ3v) is 3.66. The predicted molar refractivity (Wildman–Crippen MR) is 89.7 cm³/mol. The molecule has 0 aliphatic heterocycles. The summed E-state index contributed by atoms with van der Waals surface area (Å²) in [4.78, 5) is 4.70. The Labute approximate surface area is 125 Å². The molecule has 0 N–H and O–H groups in total. The van der Waals surface area contributed by atoms with E-state index >= 15 is 0 Å². The summed E-state index contributed by atoms with van der Waals surface area (Å²) in [5, 5.41) is 0. The van der Waals surface area contributed by atoms with Crippen molar-refractivity contribution < 1.29 is 0 Å². The lowest BCUT2D eigenvalue weighted by Gasteiger charge is -2.07. The standard InChI is InChI=1S/C19H18N2/c1-4-8-14(2)16-11-12-19-18(13-16)20-15(3)21(19)17-9-6-5-7-10-17/h4-13H,1H2,2-3H3/b14-8+. The maximum Gasteiger partial charge on any atom is 0.111 e. The smallest absolute Gasteiger partial charge is 0.111 e. The molecule has 0 saturated carbocycles. The summed E-state index contributed by atoms with van der Waals surface area (Å²) in [7, 11) is 0. The lowest BCUT2D eigenvalue weighted by atomic mass is 10.1. The van der Waals surface area contributed by atoms with Crippen LogP contribution in [0.5, 0.6) is 0 Å². The van der Waals surface area contributed by atoms with Crippen molar-refractivity contribution in [3.8, 4) is 5.69 Å². The quantitative estimate of drug-likeness (QED) is 0.620. The lowest BCUT2D eigenvalue weighted by Crippen LogP contribution is -1.96. The van der Waals surface area contributed by atoms with Crippen molar-refractivity contribution in [2.45, 2.75) is 13.8 Å². The van der Waals surface area contributed by atoms with Gasteiger partial charge in [0.15, 0.2) is 0 Å². The second kappa shape index (κ2) is 5.41. The molecule has 0 fully saturated rings. The van der Waals surface area contributed by atoms with Gasteiger partial charge in [-0.3, -0.25) is 4.57 Å². The van der Waals surface area contributed by atoms with Crippen LogP contribution in [0.1, 0.15) is 18.3 Å². The third-order valence-electron chi connectivity index (χ3n) is 3.66. The van der Waals surface area contributed by atoms with Gasteiger partial charge in [-0.2, -0.15) is 0 Å². The number of fused-ring (bicyclic) bond motifs is 1. The van der Waals surface area contributed by atoms with Gasteiger partial charge >= 0.3 is 0 Å². The fourth-order valence-electron chi connectivity index (χ4n) is 2.62. The van der Waals surface area contributed by atoms with Crippen molar-refractivity contribution in [2.75, 3.05) is 0 Å². The highest BCUT2D eigenvalue weighted by Gasteiger charge is 2.09. The first-order valence-electron chi connectivity index (χ1n) is 7.05. The fraction of sp³-hybridized carbons (Fsp3) is 0.105. The minimum atomic E-state index is 0.999. The van der Waals surface area contributed by atoms with Crippen molar-refractivity contribution >= 4 is 16.6 Å². The molecule has 3 rings (SSSR count). The van der Waals surface area contributed by atoms with Gasteiger partial charge in [-0.05, 0) is 49.2 Å². The lowest BCUT2D eigenvalue weighted by molar-refractivity contribution is 1.00. The molecule has 0 bridgehead atoms. The number of rotatable bonds is 3. The zero-order valence-electron chi connectivity index (χ0n) is 12.4. The Morgan fingerprint density at radius 2 is 1.90 bits per heavy atom. The molecule has 2 aromatic carbocycles. The number of hydrogen-bond donors (Lipinski definition) is 0. The van der Waals surface area contributed by atoms with Crippen LogP contribution in [-0.4, -0.2) is 9.55 Å². The van der Waals surface area contributed by atoms with Crippen molar-refractivity contribution in [1.29, 1.82) is 0 Å². The predicted octanol–water partition coefficient (Wildman–Crippen LogP) is 4.92. The number of allylic oxidation sites excluding steroid dienone is 3. The van der Waals surface area contributed by atoms with E-state index in [0.29, 0.717) is 0 Å². The van der Waals surface area contributed by atoms with E-state index in [2.05, 4.69) is 48.4 Å². The van der Waals surface area contributed by atoms with Crippen molar-refractivity contribution in [3.63, 3.8) is 0 Å². The molecule has 104 valence electrons. The van der Waals surface area contributed by atoms with E-state index in [1.165, 1.54) is 11.1 Å². The zero-order valence-corrected chi connectivity index (χ0v) is 12.4. The van der Waals surface area contributed by atoms with Crippen LogP contribution in [0.3, 0.4) is 0 Å². The van der Waals surface area contributed by atoms with Crippen LogP contribution in [-0.2, 0) is 0 Å². The summed E-state index contributed by atoms with van der Waals surface area (Å²) in [6, 6.07) is 16.7. The summed E-state index contributed by atoms with van der Waals surface area (Å²) in [5.74, 6) is 0.999. The van der Waals surface area contributed by atoms with Gasteiger partial charge in [0.05, 0.1) is 11.0 Å². The van der Waals surface area contributed by atoms with Crippen molar-refractivity contribution in [1.82, 2.24) is 9.55 Å². The third kappa shape index (κ3) is 2.40. The summed E-state index contributed by atoms with van der Waals surface area (Å²) in [6.45, 7) is 7.88. The van der Waals surface area contributed by atoms with Gasteiger partial charge in [-0.25, -0.2) is 4.98 Å². The Morgan fingerprint density at radius 1 is 1.14 bits per heavy atom. The Morgan fingerprint density at radius 3 is 2.62 bits per heavy atom. The molecule has 0 unspecified atom stereocenters. The van der Waals surface area contributed by atoms with Crippen LogP contribution in [0, 0.1) is 6.92 Å². The molecular formula is C19H18N2. The van der Waals surface area contributed by atoms with E-state index in [0.717, 1.165) is 22.5 Å². The first-order chi connectivity index (χ1) is 10.2. The topological polar surface area (TPSA) is 17.8 Å². The number of imidazole rings is 1. The molecule has 0 radical (unpaired) electrons. The van der Waals surface area contributed by atoms with E-state index in [1.807, 2.05) is 37.3 Å². The largest absolute Gasteiger partial charge is 0.297 e. The minimum absolute atomic E-state index is 0.999. The average molecular weight is 274 g/mol. The molecule has 2 nitrogen and oxygen atoms in total.